The second-order valence-corrected chi connectivity index (χ2v) is 4.68. The van der Waals surface area contributed by atoms with Gasteiger partial charge >= 0.3 is 5.97 Å². The summed E-state index contributed by atoms with van der Waals surface area (Å²) in [5.41, 5.74) is 2.36. The van der Waals surface area contributed by atoms with Crippen molar-refractivity contribution in [2.75, 3.05) is 0 Å². The van der Waals surface area contributed by atoms with E-state index in [1.807, 2.05) is 61.5 Å². The Balaban J connectivity index is 2.19. The van der Waals surface area contributed by atoms with Crippen LogP contribution in [0.1, 0.15) is 16.1 Å². The minimum atomic E-state index is -1.10. The molecule has 0 unspecified atom stereocenters. The summed E-state index contributed by atoms with van der Waals surface area (Å²) in [4.78, 5) is 15.6. The summed E-state index contributed by atoms with van der Waals surface area (Å²) >= 11 is 0. The van der Waals surface area contributed by atoms with E-state index in [1.54, 1.807) is 0 Å². The summed E-state index contributed by atoms with van der Waals surface area (Å²) in [7, 11) is 0. The van der Waals surface area contributed by atoms with E-state index < -0.39 is 5.97 Å². The van der Waals surface area contributed by atoms with E-state index in [-0.39, 0.29) is 5.69 Å². The average molecular weight is 279 g/mol. The largest absolute Gasteiger partial charge is 0.476 e. The maximum Gasteiger partial charge on any atom is 0.358 e. The Morgan fingerprint density at radius 3 is 2.38 bits per heavy atom. The van der Waals surface area contributed by atoms with E-state index >= 15 is 0 Å². The van der Waals surface area contributed by atoms with Crippen LogP contribution in [0, 0.1) is 6.92 Å². The lowest BCUT2D eigenvalue weighted by atomic mass is 10.1. The van der Waals surface area contributed by atoms with Crippen LogP contribution in [0.2, 0.25) is 0 Å². The molecule has 4 nitrogen and oxygen atoms in total. The Bertz CT molecular complexity index is 791. The van der Waals surface area contributed by atoms with Gasteiger partial charge in [-0.05, 0) is 24.6 Å². The van der Waals surface area contributed by atoms with E-state index in [9.17, 15) is 9.90 Å². The van der Waals surface area contributed by atoms with Gasteiger partial charge < -0.3 is 9.52 Å². The summed E-state index contributed by atoms with van der Waals surface area (Å²) in [6, 6.07) is 16.7. The number of benzene rings is 2. The minimum Gasteiger partial charge on any atom is -0.476 e. The highest BCUT2D eigenvalue weighted by Crippen LogP contribution is 2.31. The van der Waals surface area contributed by atoms with Crippen molar-refractivity contribution in [3.63, 3.8) is 0 Å². The summed E-state index contributed by atoms with van der Waals surface area (Å²) in [6.07, 6.45) is 0. The lowest BCUT2D eigenvalue weighted by Crippen LogP contribution is -1.99. The number of hydrogen-bond acceptors (Lipinski definition) is 3. The first kappa shape index (κ1) is 13.1. The first-order valence-electron chi connectivity index (χ1n) is 6.52. The molecule has 2 aromatic carbocycles. The molecule has 0 atom stereocenters. The number of oxazole rings is 1. The SMILES string of the molecule is Cc1ccccc1-c1oc(-c2ccccc2)nc1C(=O)O. The molecule has 1 heterocycles. The van der Waals surface area contributed by atoms with Gasteiger partial charge in [0.05, 0.1) is 0 Å². The van der Waals surface area contributed by atoms with Crippen molar-refractivity contribution >= 4 is 5.97 Å². The highest BCUT2D eigenvalue weighted by Gasteiger charge is 2.22. The van der Waals surface area contributed by atoms with E-state index in [2.05, 4.69) is 4.98 Å². The Morgan fingerprint density at radius 1 is 1.05 bits per heavy atom. The molecule has 0 fully saturated rings. The van der Waals surface area contributed by atoms with Gasteiger partial charge in [0.1, 0.15) is 0 Å². The molecular formula is C17H13NO3. The van der Waals surface area contributed by atoms with Crippen LogP contribution >= 0.6 is 0 Å². The molecule has 0 radical (unpaired) electrons. The molecular weight excluding hydrogens is 266 g/mol. The second-order valence-electron chi connectivity index (χ2n) is 4.68. The van der Waals surface area contributed by atoms with Gasteiger partial charge in [0.25, 0.3) is 0 Å². The van der Waals surface area contributed by atoms with Crippen molar-refractivity contribution in [3.8, 4) is 22.8 Å². The molecule has 0 aliphatic heterocycles. The maximum atomic E-state index is 11.4. The number of carboxylic acids is 1. The van der Waals surface area contributed by atoms with Gasteiger partial charge in [-0.25, -0.2) is 9.78 Å². The smallest absolute Gasteiger partial charge is 0.358 e. The molecule has 0 amide bonds. The predicted molar refractivity (Wildman–Crippen MR) is 79.1 cm³/mol. The molecule has 1 aromatic heterocycles. The Hall–Kier alpha value is -2.88. The van der Waals surface area contributed by atoms with Crippen LogP contribution in [0.25, 0.3) is 22.8 Å². The van der Waals surface area contributed by atoms with Gasteiger partial charge in [0.2, 0.25) is 5.89 Å². The number of nitrogens with zero attached hydrogens (tertiary/aromatic N) is 1. The van der Waals surface area contributed by atoms with Crippen LogP contribution in [0.4, 0.5) is 0 Å². The first-order chi connectivity index (χ1) is 10.2. The Labute approximate surface area is 121 Å². The van der Waals surface area contributed by atoms with E-state index in [4.69, 9.17) is 4.42 Å². The zero-order valence-electron chi connectivity index (χ0n) is 11.4. The van der Waals surface area contributed by atoms with Gasteiger partial charge in [-0.3, -0.25) is 0 Å². The zero-order valence-corrected chi connectivity index (χ0v) is 11.4. The molecule has 0 aliphatic rings. The van der Waals surface area contributed by atoms with Crippen LogP contribution in [0.5, 0.6) is 0 Å². The number of hydrogen-bond donors (Lipinski definition) is 1. The lowest BCUT2D eigenvalue weighted by Gasteiger charge is -2.02. The summed E-state index contributed by atoms with van der Waals surface area (Å²) < 4.78 is 5.74. The first-order valence-corrected chi connectivity index (χ1v) is 6.52. The third kappa shape index (κ3) is 2.43. The van der Waals surface area contributed by atoms with Crippen molar-refractivity contribution in [2.45, 2.75) is 6.92 Å². The fourth-order valence-corrected chi connectivity index (χ4v) is 2.18. The molecule has 1 N–H and O–H groups in total. The number of aromatic nitrogens is 1. The van der Waals surface area contributed by atoms with E-state index in [0.29, 0.717) is 11.7 Å². The number of aryl methyl sites for hydroxylation is 1. The number of carbonyl (C=O) groups is 1. The molecule has 3 rings (SSSR count). The fraction of sp³-hybridized carbons (Fsp3) is 0.0588. The summed E-state index contributed by atoms with van der Waals surface area (Å²) in [5.74, 6) is -0.495. The van der Waals surface area contributed by atoms with Crippen molar-refractivity contribution in [1.82, 2.24) is 4.98 Å². The van der Waals surface area contributed by atoms with Gasteiger partial charge in [-0.15, -0.1) is 0 Å². The Kier molecular flexibility index (Phi) is 3.28. The van der Waals surface area contributed by atoms with E-state index in [1.165, 1.54) is 0 Å². The molecule has 0 bridgehead atoms. The average Bonchev–Trinajstić information content (AvgIpc) is 2.94. The van der Waals surface area contributed by atoms with Gasteiger partial charge in [-0.2, -0.15) is 0 Å². The Morgan fingerprint density at radius 2 is 1.71 bits per heavy atom. The molecule has 3 aromatic rings. The third-order valence-corrected chi connectivity index (χ3v) is 3.24. The monoisotopic (exact) mass is 279 g/mol. The normalized spacial score (nSPS) is 10.5. The van der Waals surface area contributed by atoms with E-state index in [0.717, 1.165) is 16.7 Å². The van der Waals surface area contributed by atoms with Crippen LogP contribution < -0.4 is 0 Å². The second kappa shape index (κ2) is 5.25. The number of aromatic carboxylic acids is 1. The van der Waals surface area contributed by atoms with Gasteiger partial charge in [0, 0.05) is 11.1 Å². The molecule has 0 spiro atoms. The van der Waals surface area contributed by atoms with Crippen LogP contribution in [-0.2, 0) is 0 Å². The van der Waals surface area contributed by atoms with Gasteiger partial charge in [-0.1, -0.05) is 42.5 Å². The molecule has 0 saturated heterocycles. The van der Waals surface area contributed by atoms with Crippen molar-refractivity contribution in [1.29, 1.82) is 0 Å². The molecule has 21 heavy (non-hydrogen) atoms. The summed E-state index contributed by atoms with van der Waals surface area (Å²) in [5, 5.41) is 9.36. The molecule has 4 heteroatoms. The van der Waals surface area contributed by atoms with Crippen LogP contribution in [-0.4, -0.2) is 16.1 Å². The molecule has 0 aliphatic carbocycles. The van der Waals surface area contributed by atoms with Crippen molar-refractivity contribution in [3.05, 3.63) is 65.9 Å². The minimum absolute atomic E-state index is 0.0665. The highest BCUT2D eigenvalue weighted by atomic mass is 16.4. The van der Waals surface area contributed by atoms with Crippen LogP contribution in [0.15, 0.2) is 59.0 Å². The number of rotatable bonds is 3. The molecule has 0 saturated carbocycles. The third-order valence-electron chi connectivity index (χ3n) is 3.24. The van der Waals surface area contributed by atoms with Crippen LogP contribution in [0.3, 0.4) is 0 Å². The maximum absolute atomic E-state index is 11.4. The molecule has 104 valence electrons. The standard InChI is InChI=1S/C17H13NO3/c1-11-7-5-6-10-13(11)15-14(17(19)20)18-16(21-15)12-8-3-2-4-9-12/h2-10H,1H3,(H,19,20). The zero-order chi connectivity index (χ0) is 14.8. The lowest BCUT2D eigenvalue weighted by molar-refractivity contribution is 0.0691. The summed E-state index contributed by atoms with van der Waals surface area (Å²) in [6.45, 7) is 1.91. The predicted octanol–water partition coefficient (Wildman–Crippen LogP) is 4.02. The highest BCUT2D eigenvalue weighted by molar-refractivity contribution is 5.93. The fourth-order valence-electron chi connectivity index (χ4n) is 2.18. The number of carboxylic acid groups (broad SMARTS) is 1. The quantitative estimate of drug-likeness (QED) is 0.786. The van der Waals surface area contributed by atoms with Gasteiger partial charge in [0.15, 0.2) is 11.5 Å². The topological polar surface area (TPSA) is 63.3 Å². The van der Waals surface area contributed by atoms with Crippen molar-refractivity contribution in [2.24, 2.45) is 0 Å². The van der Waals surface area contributed by atoms with Crippen molar-refractivity contribution < 1.29 is 14.3 Å².